The molecule has 10 aromatic rings. The Morgan fingerprint density at radius 2 is 0.930 bits per heavy atom. The van der Waals surface area contributed by atoms with Gasteiger partial charge in [0, 0.05) is 33.2 Å². The Hall–Kier alpha value is -6.65. The molecular formula is C53H42N4. The smallest absolute Gasteiger partial charge is 0.164 e. The van der Waals surface area contributed by atoms with Gasteiger partial charge in [-0.3, -0.25) is 0 Å². The largest absolute Gasteiger partial charge is 0.309 e. The molecule has 0 saturated heterocycles. The van der Waals surface area contributed by atoms with Gasteiger partial charge < -0.3 is 4.57 Å². The summed E-state index contributed by atoms with van der Waals surface area (Å²) in [6.45, 7) is 9.65. The molecule has 0 fully saturated rings. The first-order valence-corrected chi connectivity index (χ1v) is 20.1. The molecule has 0 saturated carbocycles. The van der Waals surface area contributed by atoms with Crippen LogP contribution in [0.3, 0.4) is 0 Å². The second kappa shape index (κ2) is 12.4. The zero-order chi connectivity index (χ0) is 38.5. The summed E-state index contributed by atoms with van der Waals surface area (Å²) in [6, 6.07) is 56.9. The van der Waals surface area contributed by atoms with Crippen molar-refractivity contribution in [2.75, 3.05) is 0 Å². The maximum atomic E-state index is 5.15. The molecule has 0 radical (unpaired) electrons. The Morgan fingerprint density at radius 1 is 0.386 bits per heavy atom. The molecule has 2 heterocycles. The Labute approximate surface area is 332 Å². The summed E-state index contributed by atoms with van der Waals surface area (Å²) in [6.07, 6.45) is 2.39. The monoisotopic (exact) mass is 734 g/mol. The van der Waals surface area contributed by atoms with Crippen molar-refractivity contribution in [3.63, 3.8) is 0 Å². The van der Waals surface area contributed by atoms with E-state index in [0.29, 0.717) is 17.5 Å². The van der Waals surface area contributed by atoms with E-state index < -0.39 is 0 Å². The third kappa shape index (κ3) is 5.46. The minimum atomic E-state index is 0.123. The molecule has 0 amide bonds. The van der Waals surface area contributed by atoms with Crippen LogP contribution in [0.15, 0.2) is 158 Å². The second-order valence-corrected chi connectivity index (χ2v) is 17.2. The molecular weight excluding hydrogens is 693 g/mol. The summed E-state index contributed by atoms with van der Waals surface area (Å²) in [5, 5.41) is 9.74. The molecule has 0 aliphatic heterocycles. The van der Waals surface area contributed by atoms with Crippen molar-refractivity contribution in [2.24, 2.45) is 0 Å². The average molecular weight is 735 g/mol. The van der Waals surface area contributed by atoms with Crippen LogP contribution in [-0.2, 0) is 10.8 Å². The van der Waals surface area contributed by atoms with E-state index in [1.807, 2.05) is 18.2 Å². The standard InChI is InChI=1S/C53H42N4/c1-52(2)26-27-53(3,4)46-32-48-44(31-45(46)52)42-16-10-11-17-47(42)57(48)40-25-24-36-28-38(23-21-37(36)29-40)50-54-49(35-13-6-5-7-14-35)55-51(56-50)39-22-20-34-19-18-33-12-8-9-15-41(33)43(34)30-39/h5-25,28-32H,26-27H2,1-4H3. The third-order valence-electron chi connectivity index (χ3n) is 12.7. The molecule has 1 aliphatic carbocycles. The number of aromatic nitrogens is 4. The Bertz CT molecular complexity index is 3240. The van der Waals surface area contributed by atoms with Crippen LogP contribution in [0.5, 0.6) is 0 Å². The van der Waals surface area contributed by atoms with Gasteiger partial charge in [-0.2, -0.15) is 0 Å². The molecule has 0 N–H and O–H groups in total. The van der Waals surface area contributed by atoms with E-state index in [-0.39, 0.29) is 10.8 Å². The van der Waals surface area contributed by atoms with Crippen LogP contribution in [0.1, 0.15) is 51.7 Å². The second-order valence-electron chi connectivity index (χ2n) is 17.2. The Kier molecular flexibility index (Phi) is 7.34. The summed E-state index contributed by atoms with van der Waals surface area (Å²) >= 11 is 0. The fourth-order valence-electron chi connectivity index (χ4n) is 9.31. The van der Waals surface area contributed by atoms with Crippen LogP contribution in [0, 0.1) is 0 Å². The highest BCUT2D eigenvalue weighted by molar-refractivity contribution is 6.10. The van der Waals surface area contributed by atoms with E-state index in [1.54, 1.807) is 0 Å². The van der Waals surface area contributed by atoms with Crippen molar-refractivity contribution in [3.05, 3.63) is 169 Å². The van der Waals surface area contributed by atoms with Gasteiger partial charge in [-0.15, -0.1) is 0 Å². The van der Waals surface area contributed by atoms with E-state index in [2.05, 4.69) is 172 Å². The molecule has 4 nitrogen and oxygen atoms in total. The highest BCUT2D eigenvalue weighted by Crippen LogP contribution is 2.48. The molecule has 2 aromatic heterocycles. The third-order valence-corrected chi connectivity index (χ3v) is 12.7. The van der Waals surface area contributed by atoms with Gasteiger partial charge in [-0.1, -0.05) is 143 Å². The van der Waals surface area contributed by atoms with Gasteiger partial charge in [0.25, 0.3) is 0 Å². The molecule has 274 valence electrons. The van der Waals surface area contributed by atoms with Crippen LogP contribution >= 0.6 is 0 Å². The van der Waals surface area contributed by atoms with Crippen molar-refractivity contribution in [2.45, 2.75) is 51.4 Å². The van der Waals surface area contributed by atoms with Gasteiger partial charge in [-0.25, -0.2) is 15.0 Å². The number of nitrogens with zero attached hydrogens (tertiary/aromatic N) is 4. The van der Waals surface area contributed by atoms with Crippen molar-refractivity contribution >= 4 is 54.1 Å². The van der Waals surface area contributed by atoms with E-state index >= 15 is 0 Å². The Balaban J connectivity index is 1.05. The number of hydrogen-bond donors (Lipinski definition) is 0. The lowest BCUT2D eigenvalue weighted by molar-refractivity contribution is 0.332. The van der Waals surface area contributed by atoms with Crippen LogP contribution in [0.25, 0.3) is 94.0 Å². The normalized spacial score (nSPS) is 14.8. The maximum absolute atomic E-state index is 5.15. The predicted molar refractivity (Wildman–Crippen MR) is 238 cm³/mol. The van der Waals surface area contributed by atoms with Gasteiger partial charge in [0.2, 0.25) is 0 Å². The summed E-state index contributed by atoms with van der Waals surface area (Å²) < 4.78 is 2.47. The summed E-state index contributed by atoms with van der Waals surface area (Å²) in [4.78, 5) is 15.3. The molecule has 1 aliphatic rings. The molecule has 0 unspecified atom stereocenters. The topological polar surface area (TPSA) is 43.6 Å². The summed E-state index contributed by atoms with van der Waals surface area (Å²) in [5.74, 6) is 1.97. The van der Waals surface area contributed by atoms with Gasteiger partial charge in [0.1, 0.15) is 0 Å². The average Bonchev–Trinajstić information content (AvgIpc) is 3.58. The first kappa shape index (κ1) is 33.7. The number of benzene rings is 8. The SMILES string of the molecule is CC1(C)CCC(C)(C)c2cc3c(cc21)c1ccccc1n3-c1ccc2cc(-c3nc(-c4ccccc4)nc(-c4ccc5ccc6ccccc6c5c4)n3)ccc2c1. The van der Waals surface area contributed by atoms with E-state index in [9.17, 15) is 0 Å². The molecule has 11 rings (SSSR count). The Morgan fingerprint density at radius 3 is 1.68 bits per heavy atom. The number of hydrogen-bond acceptors (Lipinski definition) is 3. The first-order chi connectivity index (χ1) is 27.7. The summed E-state index contributed by atoms with van der Waals surface area (Å²) in [5.41, 5.74) is 9.77. The van der Waals surface area contributed by atoms with Crippen molar-refractivity contribution in [1.29, 1.82) is 0 Å². The van der Waals surface area contributed by atoms with E-state index in [4.69, 9.17) is 15.0 Å². The van der Waals surface area contributed by atoms with Crippen molar-refractivity contribution in [3.8, 4) is 39.9 Å². The fraction of sp³-hybridized carbons (Fsp3) is 0.151. The lowest BCUT2D eigenvalue weighted by Crippen LogP contribution is -2.33. The van der Waals surface area contributed by atoms with Crippen LogP contribution < -0.4 is 0 Å². The van der Waals surface area contributed by atoms with Gasteiger partial charge in [-0.05, 0) is 110 Å². The van der Waals surface area contributed by atoms with Gasteiger partial charge in [0.05, 0.1) is 11.0 Å². The molecule has 8 aromatic carbocycles. The van der Waals surface area contributed by atoms with Crippen LogP contribution in [0.4, 0.5) is 0 Å². The van der Waals surface area contributed by atoms with E-state index in [1.165, 1.54) is 72.7 Å². The highest BCUT2D eigenvalue weighted by Gasteiger charge is 2.38. The number of para-hydroxylation sites is 1. The maximum Gasteiger partial charge on any atom is 0.164 e. The molecule has 0 atom stereocenters. The van der Waals surface area contributed by atoms with Crippen molar-refractivity contribution < 1.29 is 0 Å². The summed E-state index contributed by atoms with van der Waals surface area (Å²) in [7, 11) is 0. The zero-order valence-electron chi connectivity index (χ0n) is 32.7. The quantitative estimate of drug-likeness (QED) is 0.169. The van der Waals surface area contributed by atoms with Gasteiger partial charge in [0.15, 0.2) is 17.5 Å². The minimum Gasteiger partial charge on any atom is -0.309 e. The molecule has 4 heteroatoms. The zero-order valence-corrected chi connectivity index (χ0v) is 32.7. The number of fused-ring (bicyclic) bond motifs is 8. The first-order valence-electron chi connectivity index (χ1n) is 20.1. The van der Waals surface area contributed by atoms with Crippen LogP contribution in [-0.4, -0.2) is 19.5 Å². The fourth-order valence-corrected chi connectivity index (χ4v) is 9.31. The number of rotatable bonds is 4. The van der Waals surface area contributed by atoms with Crippen molar-refractivity contribution in [1.82, 2.24) is 19.5 Å². The molecule has 0 bridgehead atoms. The lowest BCUT2D eigenvalue weighted by atomic mass is 9.63. The molecule has 57 heavy (non-hydrogen) atoms. The highest BCUT2D eigenvalue weighted by atomic mass is 15.0. The van der Waals surface area contributed by atoms with Crippen LogP contribution in [0.2, 0.25) is 0 Å². The lowest BCUT2D eigenvalue weighted by Gasteiger charge is -2.42. The predicted octanol–water partition coefficient (Wildman–Crippen LogP) is 13.8. The minimum absolute atomic E-state index is 0.123. The molecule has 0 spiro atoms. The van der Waals surface area contributed by atoms with E-state index in [0.717, 1.165) is 27.8 Å². The van der Waals surface area contributed by atoms with Gasteiger partial charge >= 0.3 is 0 Å².